The Labute approximate surface area is 244 Å². The Morgan fingerprint density at radius 1 is 0.581 bits per heavy atom. The molecule has 0 atom stereocenters. The van der Waals surface area contributed by atoms with Gasteiger partial charge >= 0.3 is 0 Å². The van der Waals surface area contributed by atoms with Crippen LogP contribution in [-0.4, -0.2) is 13.7 Å². The molecule has 5 nitrogen and oxygen atoms in total. The van der Waals surface area contributed by atoms with Crippen molar-refractivity contribution in [2.45, 2.75) is 0 Å². The lowest BCUT2D eigenvalue weighted by atomic mass is 9.95. The second kappa shape index (κ2) is 9.98. The predicted molar refractivity (Wildman–Crippen MR) is 156 cm³/mol. The molecule has 0 unspecified atom stereocenters. The van der Waals surface area contributed by atoms with Crippen molar-refractivity contribution in [3.8, 4) is 45.6 Å². The Bertz CT molecular complexity index is 2320. The summed E-state index contributed by atoms with van der Waals surface area (Å²) in [5.74, 6) is -6.79. The van der Waals surface area contributed by atoms with Gasteiger partial charge in [0.05, 0.1) is 40.1 Å². The maximum atomic E-state index is 14.7. The molecule has 10 heteroatoms. The van der Waals surface area contributed by atoms with Gasteiger partial charge in [-0.3, -0.25) is 0 Å². The first-order chi connectivity index (χ1) is 20.9. The summed E-state index contributed by atoms with van der Waals surface area (Å²) < 4.78 is 67.0. The number of fused-ring (bicyclic) bond motifs is 5. The highest BCUT2D eigenvalue weighted by Gasteiger charge is 2.26. The standard InChI is InChI=1S/C33H13F4N5S/c34-28-23(15-39)29(35)31(37)26(30(28)36)18-5-7-19(8-6-18)32-22-11-12-24-33(42-43-41-24)27(22)21-10-9-20(13-25(21)40-32)17-3-1-16(14-38)2-4-17/h1-13H. The minimum Gasteiger partial charge on any atom is -0.247 e. The van der Waals surface area contributed by atoms with E-state index in [0.717, 1.165) is 50.6 Å². The molecule has 204 valence electrons. The van der Waals surface area contributed by atoms with Crippen molar-refractivity contribution in [3.63, 3.8) is 0 Å². The molecule has 5 aromatic carbocycles. The molecular weight excluding hydrogens is 574 g/mol. The molecule has 0 saturated carbocycles. The van der Waals surface area contributed by atoms with Gasteiger partial charge in [-0.25, -0.2) is 22.5 Å². The van der Waals surface area contributed by atoms with Crippen LogP contribution < -0.4 is 0 Å². The van der Waals surface area contributed by atoms with Crippen LogP contribution in [0.2, 0.25) is 0 Å². The molecule has 0 fully saturated rings. The van der Waals surface area contributed by atoms with E-state index in [1.165, 1.54) is 12.1 Å². The smallest absolute Gasteiger partial charge is 0.180 e. The molecule has 0 amide bonds. The quantitative estimate of drug-likeness (QED) is 0.117. The number of rotatable bonds is 3. The van der Waals surface area contributed by atoms with E-state index in [4.69, 9.17) is 15.5 Å². The number of halogens is 4. The molecule has 0 aliphatic carbocycles. The Morgan fingerprint density at radius 2 is 1.21 bits per heavy atom. The minimum absolute atomic E-state index is 0.111. The largest absolute Gasteiger partial charge is 0.247 e. The van der Waals surface area contributed by atoms with E-state index in [1.807, 2.05) is 42.5 Å². The summed E-state index contributed by atoms with van der Waals surface area (Å²) in [5, 5.41) is 20.5. The molecule has 2 aromatic heterocycles. The van der Waals surface area contributed by atoms with E-state index in [9.17, 15) is 17.6 Å². The second-order valence-corrected chi connectivity index (χ2v) is 10.2. The van der Waals surface area contributed by atoms with Gasteiger partial charge < -0.3 is 0 Å². The fraction of sp³-hybridized carbons (Fsp3) is 0. The van der Waals surface area contributed by atoms with Crippen molar-refractivity contribution in [2.24, 2.45) is 0 Å². The summed E-state index contributed by atoms with van der Waals surface area (Å²) in [6.45, 7) is 0. The predicted octanol–water partition coefficient (Wildman–Crippen LogP) is 8.69. The Hall–Kier alpha value is -5.71. The molecule has 0 N–H and O–H groups in total. The van der Waals surface area contributed by atoms with Crippen molar-refractivity contribution in [3.05, 3.63) is 113 Å². The lowest BCUT2D eigenvalue weighted by molar-refractivity contribution is 0.454. The second-order valence-electron chi connectivity index (χ2n) is 9.70. The number of pyridine rings is 1. The highest BCUT2D eigenvalue weighted by molar-refractivity contribution is 7.00. The first-order valence-corrected chi connectivity index (χ1v) is 13.5. The SMILES string of the molecule is N#Cc1ccc(-c2ccc3c(c2)nc(-c2ccc(-c4c(F)c(F)c(C#N)c(F)c4F)cc2)c2ccc4nsnc4c23)cc1. The van der Waals surface area contributed by atoms with Gasteiger partial charge in [-0.2, -0.15) is 19.3 Å². The number of nitriles is 2. The van der Waals surface area contributed by atoms with Gasteiger partial charge in [-0.05, 0) is 47.0 Å². The van der Waals surface area contributed by atoms with Gasteiger partial charge in [-0.1, -0.05) is 48.5 Å². The topological polar surface area (TPSA) is 86.2 Å². The zero-order valence-electron chi connectivity index (χ0n) is 21.7. The molecule has 43 heavy (non-hydrogen) atoms. The van der Waals surface area contributed by atoms with Crippen molar-refractivity contribution in [1.82, 2.24) is 13.7 Å². The van der Waals surface area contributed by atoms with Gasteiger partial charge in [-0.15, -0.1) is 0 Å². The van der Waals surface area contributed by atoms with E-state index >= 15 is 0 Å². The average Bonchev–Trinajstić information content (AvgIpc) is 3.53. The third-order valence-corrected chi connectivity index (χ3v) is 7.89. The monoisotopic (exact) mass is 587 g/mol. The van der Waals surface area contributed by atoms with Crippen LogP contribution in [0.1, 0.15) is 11.1 Å². The molecule has 0 bridgehead atoms. The third kappa shape index (κ3) is 4.08. The van der Waals surface area contributed by atoms with Crippen LogP contribution in [0.25, 0.3) is 66.2 Å². The van der Waals surface area contributed by atoms with Crippen LogP contribution in [0, 0.1) is 45.9 Å². The van der Waals surface area contributed by atoms with E-state index in [0.29, 0.717) is 27.9 Å². The average molecular weight is 588 g/mol. The summed E-state index contributed by atoms with van der Waals surface area (Å²) >= 11 is 1.09. The fourth-order valence-corrected chi connectivity index (χ4v) is 5.80. The van der Waals surface area contributed by atoms with Gasteiger partial charge in [0, 0.05) is 21.7 Å². The molecule has 7 aromatic rings. The molecular formula is C33H13F4N5S. The highest BCUT2D eigenvalue weighted by atomic mass is 32.1. The first kappa shape index (κ1) is 26.2. The summed E-state index contributed by atoms with van der Waals surface area (Å²) in [6, 6.07) is 25.8. The van der Waals surface area contributed by atoms with Crippen molar-refractivity contribution < 1.29 is 17.6 Å². The summed E-state index contributed by atoms with van der Waals surface area (Å²) in [7, 11) is 0. The maximum absolute atomic E-state index is 14.7. The van der Waals surface area contributed by atoms with Gasteiger partial charge in [0.25, 0.3) is 0 Å². The minimum atomic E-state index is -1.75. The van der Waals surface area contributed by atoms with E-state index < -0.39 is 34.4 Å². The zero-order valence-corrected chi connectivity index (χ0v) is 22.5. The lowest BCUT2D eigenvalue weighted by Crippen LogP contribution is -2.03. The Kier molecular flexibility index (Phi) is 6.08. The Morgan fingerprint density at radius 3 is 1.88 bits per heavy atom. The first-order valence-electron chi connectivity index (χ1n) is 12.8. The number of nitrogens with zero attached hydrogens (tertiary/aromatic N) is 5. The lowest BCUT2D eigenvalue weighted by Gasteiger charge is -2.13. The van der Waals surface area contributed by atoms with E-state index in [-0.39, 0.29) is 5.56 Å². The molecule has 0 saturated heterocycles. The van der Waals surface area contributed by atoms with Crippen LogP contribution >= 0.6 is 11.7 Å². The van der Waals surface area contributed by atoms with Crippen molar-refractivity contribution in [2.75, 3.05) is 0 Å². The molecule has 0 aliphatic heterocycles. The maximum Gasteiger partial charge on any atom is 0.180 e. The van der Waals surface area contributed by atoms with Gasteiger partial charge in [0.1, 0.15) is 22.7 Å². The van der Waals surface area contributed by atoms with Crippen LogP contribution in [0.5, 0.6) is 0 Å². The number of hydrogen-bond donors (Lipinski definition) is 0. The number of aromatic nitrogens is 3. The van der Waals surface area contributed by atoms with Crippen LogP contribution in [0.3, 0.4) is 0 Å². The van der Waals surface area contributed by atoms with Crippen LogP contribution in [0.4, 0.5) is 17.6 Å². The molecule has 0 spiro atoms. The zero-order chi connectivity index (χ0) is 29.8. The normalized spacial score (nSPS) is 11.2. The van der Waals surface area contributed by atoms with Crippen molar-refractivity contribution >= 4 is 44.4 Å². The summed E-state index contributed by atoms with van der Waals surface area (Å²) in [5.41, 5.74) is 3.20. The molecule has 7 rings (SSSR count). The number of benzene rings is 5. The van der Waals surface area contributed by atoms with E-state index in [2.05, 4.69) is 14.8 Å². The Balaban J connectivity index is 1.43. The molecule has 0 radical (unpaired) electrons. The highest BCUT2D eigenvalue weighted by Crippen LogP contribution is 2.39. The summed E-state index contributed by atoms with van der Waals surface area (Å²) in [4.78, 5) is 4.97. The van der Waals surface area contributed by atoms with Crippen LogP contribution in [-0.2, 0) is 0 Å². The van der Waals surface area contributed by atoms with Crippen molar-refractivity contribution in [1.29, 1.82) is 10.5 Å². The van der Waals surface area contributed by atoms with Gasteiger partial charge in [0.2, 0.25) is 0 Å². The summed E-state index contributed by atoms with van der Waals surface area (Å²) in [6.07, 6.45) is 0. The fourth-order valence-electron chi connectivity index (χ4n) is 5.25. The van der Waals surface area contributed by atoms with Gasteiger partial charge in [0.15, 0.2) is 23.3 Å². The number of hydrogen-bond acceptors (Lipinski definition) is 6. The molecule has 0 aliphatic rings. The third-order valence-electron chi connectivity index (χ3n) is 7.35. The van der Waals surface area contributed by atoms with E-state index in [1.54, 1.807) is 24.3 Å². The molecule has 2 heterocycles. The van der Waals surface area contributed by atoms with Crippen LogP contribution in [0.15, 0.2) is 78.9 Å².